The lowest BCUT2D eigenvalue weighted by atomic mass is 10.1. The van der Waals surface area contributed by atoms with Crippen LogP contribution >= 0.6 is 0 Å². The smallest absolute Gasteiger partial charge is 0.257 e. The van der Waals surface area contributed by atoms with Crippen LogP contribution in [0.1, 0.15) is 42.5 Å². The lowest BCUT2D eigenvalue weighted by molar-refractivity contribution is 0.0473. The summed E-state index contributed by atoms with van der Waals surface area (Å²) in [6.07, 6.45) is 8.70. The average Bonchev–Trinajstić information content (AvgIpc) is 3.02. The van der Waals surface area contributed by atoms with Gasteiger partial charge in [-0.1, -0.05) is 6.42 Å². The van der Waals surface area contributed by atoms with Gasteiger partial charge in [0.15, 0.2) is 0 Å². The van der Waals surface area contributed by atoms with Gasteiger partial charge in [0.1, 0.15) is 0 Å². The van der Waals surface area contributed by atoms with Crippen LogP contribution < -0.4 is 0 Å². The van der Waals surface area contributed by atoms with E-state index in [4.69, 9.17) is 0 Å². The topological polar surface area (TPSA) is 61.6 Å². The van der Waals surface area contributed by atoms with Crippen LogP contribution in [-0.2, 0) is 6.54 Å². The molecule has 0 spiro atoms. The van der Waals surface area contributed by atoms with Gasteiger partial charge in [0.2, 0.25) is 0 Å². The summed E-state index contributed by atoms with van der Waals surface area (Å²) >= 11 is 0. The largest absolute Gasteiger partial charge is 0.391 e. The van der Waals surface area contributed by atoms with Crippen LogP contribution in [0.5, 0.6) is 0 Å². The quantitative estimate of drug-likeness (QED) is 0.900. The van der Waals surface area contributed by atoms with Crippen molar-refractivity contribution in [2.75, 3.05) is 32.7 Å². The first-order valence-corrected chi connectivity index (χ1v) is 8.44. The van der Waals surface area contributed by atoms with E-state index in [-0.39, 0.29) is 12.0 Å². The highest BCUT2D eigenvalue weighted by atomic mass is 16.3. The van der Waals surface area contributed by atoms with Crippen LogP contribution in [0.4, 0.5) is 0 Å². The summed E-state index contributed by atoms with van der Waals surface area (Å²) in [5, 5.41) is 14.0. The molecule has 2 aliphatic heterocycles. The van der Waals surface area contributed by atoms with Crippen molar-refractivity contribution < 1.29 is 9.90 Å². The minimum absolute atomic E-state index is 0.0111. The lowest BCUT2D eigenvalue weighted by Gasteiger charge is -2.29. The van der Waals surface area contributed by atoms with E-state index < -0.39 is 0 Å². The van der Waals surface area contributed by atoms with E-state index in [0.29, 0.717) is 12.1 Å². The molecule has 1 atom stereocenters. The number of β-amino-alcohol motifs (C(OH)–C–C–N with tert-alkyl or cyclic N) is 1. The molecule has 1 N–H and O–H groups in total. The van der Waals surface area contributed by atoms with E-state index in [1.165, 1.54) is 32.4 Å². The maximum atomic E-state index is 12.4. The van der Waals surface area contributed by atoms with E-state index in [1.54, 1.807) is 11.1 Å². The van der Waals surface area contributed by atoms with Crippen LogP contribution in [0.2, 0.25) is 0 Å². The van der Waals surface area contributed by atoms with E-state index >= 15 is 0 Å². The second kappa shape index (κ2) is 7.24. The van der Waals surface area contributed by atoms with Gasteiger partial charge in [-0.15, -0.1) is 0 Å². The van der Waals surface area contributed by atoms with Gasteiger partial charge < -0.3 is 14.9 Å². The van der Waals surface area contributed by atoms with Crippen LogP contribution in [0.25, 0.3) is 0 Å². The van der Waals surface area contributed by atoms with Crippen molar-refractivity contribution >= 4 is 5.91 Å². The molecule has 3 rings (SSSR count). The van der Waals surface area contributed by atoms with Gasteiger partial charge in [0.25, 0.3) is 5.91 Å². The third-order valence-electron chi connectivity index (χ3n) is 4.66. The molecule has 122 valence electrons. The summed E-state index contributed by atoms with van der Waals surface area (Å²) in [5.41, 5.74) is 0.632. The number of likely N-dealkylation sites (tertiary alicyclic amines) is 2. The molecule has 2 aliphatic rings. The SMILES string of the molecule is O=C(c1cnn(CCN2CCCCC2)c1)N1CCCC(O)C1. The molecule has 0 radical (unpaired) electrons. The summed E-state index contributed by atoms with van der Waals surface area (Å²) < 4.78 is 1.86. The highest BCUT2D eigenvalue weighted by Gasteiger charge is 2.24. The fourth-order valence-corrected chi connectivity index (χ4v) is 3.34. The zero-order valence-electron chi connectivity index (χ0n) is 13.2. The molecule has 22 heavy (non-hydrogen) atoms. The monoisotopic (exact) mass is 306 g/mol. The van der Waals surface area contributed by atoms with Gasteiger partial charge in [0.05, 0.1) is 24.4 Å². The number of carbonyl (C=O) groups excluding carboxylic acids is 1. The van der Waals surface area contributed by atoms with Crippen molar-refractivity contribution in [3.8, 4) is 0 Å². The average molecular weight is 306 g/mol. The molecule has 0 saturated carbocycles. The van der Waals surface area contributed by atoms with Crippen LogP contribution in [-0.4, -0.2) is 69.4 Å². The highest BCUT2D eigenvalue weighted by Crippen LogP contribution is 2.14. The van der Waals surface area contributed by atoms with Gasteiger partial charge in [-0.2, -0.15) is 5.10 Å². The molecule has 1 aromatic heterocycles. The molecule has 6 heteroatoms. The predicted octanol–water partition coefficient (Wildman–Crippen LogP) is 0.966. The molecule has 6 nitrogen and oxygen atoms in total. The minimum atomic E-state index is -0.383. The number of aliphatic hydroxyl groups is 1. The lowest BCUT2D eigenvalue weighted by Crippen LogP contribution is -2.42. The second-order valence-corrected chi connectivity index (χ2v) is 6.44. The first kappa shape index (κ1) is 15.5. The molecular formula is C16H26N4O2. The fourth-order valence-electron chi connectivity index (χ4n) is 3.34. The summed E-state index contributed by atoms with van der Waals surface area (Å²) in [6, 6.07) is 0. The molecule has 0 aromatic carbocycles. The van der Waals surface area contributed by atoms with Gasteiger partial charge in [-0.25, -0.2) is 0 Å². The zero-order chi connectivity index (χ0) is 15.4. The number of hydrogen-bond donors (Lipinski definition) is 1. The normalized spacial score (nSPS) is 23.7. The highest BCUT2D eigenvalue weighted by molar-refractivity contribution is 5.93. The van der Waals surface area contributed by atoms with Crippen LogP contribution in [0.15, 0.2) is 12.4 Å². The standard InChI is InChI=1S/C16H26N4O2/c21-15-5-4-8-19(13-15)16(22)14-11-17-20(12-14)10-9-18-6-2-1-3-7-18/h11-12,15,21H,1-10,13H2. The third kappa shape index (κ3) is 3.87. The van der Waals surface area contributed by atoms with Gasteiger partial charge in [-0.05, 0) is 38.8 Å². The Morgan fingerprint density at radius 3 is 2.77 bits per heavy atom. The molecule has 0 aliphatic carbocycles. The molecule has 1 amide bonds. The van der Waals surface area contributed by atoms with Crippen molar-refractivity contribution in [1.82, 2.24) is 19.6 Å². The van der Waals surface area contributed by atoms with Gasteiger partial charge in [0, 0.05) is 25.8 Å². The summed E-state index contributed by atoms with van der Waals surface area (Å²) in [4.78, 5) is 16.6. The molecule has 2 fully saturated rings. The van der Waals surface area contributed by atoms with Crippen LogP contribution in [0.3, 0.4) is 0 Å². The van der Waals surface area contributed by atoms with E-state index in [1.807, 2.05) is 10.9 Å². The summed E-state index contributed by atoms with van der Waals surface area (Å²) in [7, 11) is 0. The third-order valence-corrected chi connectivity index (χ3v) is 4.66. The predicted molar refractivity (Wildman–Crippen MR) is 83.7 cm³/mol. The maximum Gasteiger partial charge on any atom is 0.257 e. The van der Waals surface area contributed by atoms with Gasteiger partial charge >= 0.3 is 0 Å². The van der Waals surface area contributed by atoms with Gasteiger partial charge in [-0.3, -0.25) is 9.48 Å². The zero-order valence-corrected chi connectivity index (χ0v) is 13.2. The number of rotatable bonds is 4. The van der Waals surface area contributed by atoms with Crippen molar-refractivity contribution in [2.24, 2.45) is 0 Å². The van der Waals surface area contributed by atoms with Crippen molar-refractivity contribution in [3.05, 3.63) is 18.0 Å². The number of aliphatic hydroxyl groups excluding tert-OH is 1. The van der Waals surface area contributed by atoms with Crippen LogP contribution in [0, 0.1) is 0 Å². The molecule has 1 unspecified atom stereocenters. The Hall–Kier alpha value is -1.40. The Balaban J connectivity index is 1.52. The molecule has 3 heterocycles. The van der Waals surface area contributed by atoms with Crippen molar-refractivity contribution in [3.63, 3.8) is 0 Å². The number of amides is 1. The Labute approximate surface area is 131 Å². The maximum absolute atomic E-state index is 12.4. The fraction of sp³-hybridized carbons (Fsp3) is 0.750. The Morgan fingerprint density at radius 1 is 1.18 bits per heavy atom. The summed E-state index contributed by atoms with van der Waals surface area (Å²) in [6.45, 7) is 5.36. The molecule has 0 bridgehead atoms. The Bertz CT molecular complexity index is 496. The molecule has 1 aromatic rings. The van der Waals surface area contributed by atoms with E-state index in [2.05, 4.69) is 10.00 Å². The first-order chi connectivity index (χ1) is 10.7. The van der Waals surface area contributed by atoms with Crippen molar-refractivity contribution in [1.29, 1.82) is 0 Å². The molecule has 2 saturated heterocycles. The second-order valence-electron chi connectivity index (χ2n) is 6.44. The Morgan fingerprint density at radius 2 is 2.00 bits per heavy atom. The Kier molecular flexibility index (Phi) is 5.10. The van der Waals surface area contributed by atoms with E-state index in [0.717, 1.165) is 32.5 Å². The number of piperidine rings is 2. The van der Waals surface area contributed by atoms with E-state index in [9.17, 15) is 9.90 Å². The number of carbonyl (C=O) groups is 1. The first-order valence-electron chi connectivity index (χ1n) is 8.44. The summed E-state index contributed by atoms with van der Waals surface area (Å²) in [5.74, 6) is -0.0111. The number of hydrogen-bond acceptors (Lipinski definition) is 4. The van der Waals surface area contributed by atoms with Crippen molar-refractivity contribution in [2.45, 2.75) is 44.8 Å². The number of aromatic nitrogens is 2. The number of nitrogens with zero attached hydrogens (tertiary/aromatic N) is 4. The minimum Gasteiger partial charge on any atom is -0.391 e. The molecular weight excluding hydrogens is 280 g/mol.